The average Bonchev–Trinajstić information content (AvgIpc) is 3.20. The second kappa shape index (κ2) is 10.5. The van der Waals surface area contributed by atoms with Crippen molar-refractivity contribution in [3.05, 3.63) is 98.9 Å². The fraction of sp³-hybridized carbons (Fsp3) is 0.226. The molecule has 0 bridgehead atoms. The first kappa shape index (κ1) is 28.0. The number of hydrogen-bond acceptors (Lipinski definition) is 5. The van der Waals surface area contributed by atoms with Gasteiger partial charge in [0, 0.05) is 28.1 Å². The van der Waals surface area contributed by atoms with Gasteiger partial charge in [0.25, 0.3) is 5.56 Å². The van der Waals surface area contributed by atoms with E-state index in [1.807, 2.05) is 30.3 Å². The number of para-hydroxylation sites is 1. The maximum atomic E-state index is 14.9. The Morgan fingerprint density at radius 1 is 1.10 bits per heavy atom. The molecule has 8 nitrogen and oxygen atoms in total. The Balaban J connectivity index is 1.72. The van der Waals surface area contributed by atoms with Crippen LogP contribution in [-0.2, 0) is 22.8 Å². The summed E-state index contributed by atoms with van der Waals surface area (Å²) in [6, 6.07) is 15.0. The van der Waals surface area contributed by atoms with E-state index < -0.39 is 28.7 Å². The highest BCUT2D eigenvalue weighted by Gasteiger charge is 2.28. The Morgan fingerprint density at radius 3 is 2.54 bits per heavy atom. The lowest BCUT2D eigenvalue weighted by Crippen LogP contribution is -2.28. The number of aromatic carboxylic acids is 1. The van der Waals surface area contributed by atoms with E-state index >= 15 is 0 Å². The van der Waals surface area contributed by atoms with Crippen LogP contribution < -0.4 is 5.56 Å². The predicted molar refractivity (Wildman–Crippen MR) is 155 cm³/mol. The van der Waals surface area contributed by atoms with Crippen LogP contribution >= 0.6 is 11.6 Å². The maximum absolute atomic E-state index is 14.9. The smallest absolute Gasteiger partial charge is 0.353 e. The number of carboxylic acid groups (broad SMARTS) is 1. The monoisotopic (exact) mass is 575 g/mol. The highest BCUT2D eigenvalue weighted by atomic mass is 35.5. The van der Waals surface area contributed by atoms with Crippen LogP contribution in [0.5, 0.6) is 0 Å². The van der Waals surface area contributed by atoms with Crippen molar-refractivity contribution < 1.29 is 23.8 Å². The molecule has 1 N–H and O–H groups in total. The molecule has 3 aromatic heterocycles. The van der Waals surface area contributed by atoms with E-state index in [1.165, 1.54) is 33.5 Å². The topological polar surface area (TPSA) is 103 Å². The van der Waals surface area contributed by atoms with Gasteiger partial charge >= 0.3 is 11.9 Å². The van der Waals surface area contributed by atoms with E-state index in [1.54, 1.807) is 33.8 Å². The first-order chi connectivity index (χ1) is 19.4. The number of benzene rings is 2. The lowest BCUT2D eigenvalue weighted by Gasteiger charge is -2.17. The summed E-state index contributed by atoms with van der Waals surface area (Å²) in [6.07, 6.45) is 1.45. The van der Waals surface area contributed by atoms with Crippen LogP contribution in [0.4, 0.5) is 4.39 Å². The molecule has 0 spiro atoms. The number of nitrogens with zero attached hydrogens (tertiary/aromatic N) is 3. The lowest BCUT2D eigenvalue weighted by atomic mass is 9.98. The minimum atomic E-state index is -1.31. The third-order valence-corrected chi connectivity index (χ3v) is 7.19. The Bertz CT molecular complexity index is 1920. The molecule has 0 aliphatic rings. The van der Waals surface area contributed by atoms with Crippen LogP contribution in [0.3, 0.4) is 0 Å². The van der Waals surface area contributed by atoms with E-state index in [0.29, 0.717) is 16.5 Å². The lowest BCUT2D eigenvalue weighted by molar-refractivity contribution is -0.157. The summed E-state index contributed by atoms with van der Waals surface area (Å²) in [5.41, 5.74) is 0.404. The molecular weight excluding hydrogens is 549 g/mol. The van der Waals surface area contributed by atoms with Gasteiger partial charge in [-0.15, -0.1) is 0 Å². The number of rotatable bonds is 6. The summed E-state index contributed by atoms with van der Waals surface area (Å²) < 4.78 is 22.9. The summed E-state index contributed by atoms with van der Waals surface area (Å²) in [5.74, 6) is -2.33. The summed E-state index contributed by atoms with van der Waals surface area (Å²) in [5, 5.41) is 11.8. The Morgan fingerprint density at radius 2 is 1.83 bits per heavy atom. The highest BCUT2D eigenvalue weighted by Crippen LogP contribution is 2.36. The molecule has 0 radical (unpaired) electrons. The number of carbonyl (C=O) groups excluding carboxylic acids is 1. The zero-order valence-corrected chi connectivity index (χ0v) is 23.6. The quantitative estimate of drug-likeness (QED) is 0.185. The van der Waals surface area contributed by atoms with Gasteiger partial charge in [-0.3, -0.25) is 14.2 Å². The Kier molecular flexibility index (Phi) is 7.17. The Hall–Kier alpha value is -4.50. The van der Waals surface area contributed by atoms with Gasteiger partial charge in [0.1, 0.15) is 16.7 Å². The van der Waals surface area contributed by atoms with E-state index in [2.05, 4.69) is 4.98 Å². The fourth-order valence-corrected chi connectivity index (χ4v) is 4.93. The van der Waals surface area contributed by atoms with Gasteiger partial charge in [0.05, 0.1) is 28.6 Å². The SMILES string of the molecule is Cc1cc2c(-c3cccn(COC(=O)C(C)(C)C)c3=O)c(C(=O)O)n(Cc3cc4ccccc4nc3Cl)c2cc1F. The van der Waals surface area contributed by atoms with E-state index in [-0.39, 0.29) is 46.3 Å². The van der Waals surface area contributed by atoms with Crippen LogP contribution in [0.1, 0.15) is 42.4 Å². The third kappa shape index (κ3) is 5.20. The van der Waals surface area contributed by atoms with Crippen molar-refractivity contribution in [1.82, 2.24) is 14.1 Å². The molecule has 0 aliphatic heterocycles. The molecule has 5 rings (SSSR count). The standard InChI is InChI=1S/C31H27ClFN3O5/c1-17-12-21-24(14-22(17)33)36(15-19-13-18-8-5-6-10-23(18)34-27(19)32)26(29(38)39)25(21)20-9-7-11-35(28(20)37)16-41-30(40)31(2,3)4/h5-14H,15-16H2,1-4H3,(H,38,39). The van der Waals surface area contributed by atoms with Gasteiger partial charge in [-0.1, -0.05) is 29.8 Å². The van der Waals surface area contributed by atoms with Gasteiger partial charge in [0.15, 0.2) is 6.73 Å². The number of carboxylic acids is 1. The van der Waals surface area contributed by atoms with Gasteiger partial charge < -0.3 is 14.4 Å². The van der Waals surface area contributed by atoms with E-state index in [4.69, 9.17) is 16.3 Å². The maximum Gasteiger partial charge on any atom is 0.353 e. The van der Waals surface area contributed by atoms with Crippen LogP contribution in [0.15, 0.2) is 65.6 Å². The van der Waals surface area contributed by atoms with Gasteiger partial charge in [0.2, 0.25) is 0 Å². The highest BCUT2D eigenvalue weighted by molar-refractivity contribution is 6.30. The second-order valence-electron chi connectivity index (χ2n) is 10.9. The summed E-state index contributed by atoms with van der Waals surface area (Å²) >= 11 is 6.51. The van der Waals surface area contributed by atoms with Crippen molar-refractivity contribution in [1.29, 1.82) is 0 Å². The molecule has 0 atom stereocenters. The average molecular weight is 576 g/mol. The number of aryl methyl sites for hydroxylation is 1. The number of hydrogen-bond donors (Lipinski definition) is 1. The first-order valence-corrected chi connectivity index (χ1v) is 13.2. The van der Waals surface area contributed by atoms with Crippen LogP contribution in [-0.4, -0.2) is 31.2 Å². The molecule has 3 heterocycles. The number of esters is 1. The molecule has 5 aromatic rings. The van der Waals surface area contributed by atoms with Crippen molar-refractivity contribution in [3.63, 3.8) is 0 Å². The van der Waals surface area contributed by atoms with Crippen molar-refractivity contribution in [2.45, 2.75) is 41.0 Å². The molecule has 0 amide bonds. The van der Waals surface area contributed by atoms with Crippen molar-refractivity contribution in [3.8, 4) is 11.1 Å². The molecule has 0 fully saturated rings. The van der Waals surface area contributed by atoms with Crippen LogP contribution in [0.2, 0.25) is 5.15 Å². The first-order valence-electron chi connectivity index (χ1n) is 12.8. The summed E-state index contributed by atoms with van der Waals surface area (Å²) in [4.78, 5) is 43.2. The normalized spacial score (nSPS) is 11.8. The number of halogens is 2. The van der Waals surface area contributed by atoms with Crippen molar-refractivity contribution in [2.75, 3.05) is 0 Å². The molecule has 41 heavy (non-hydrogen) atoms. The summed E-state index contributed by atoms with van der Waals surface area (Å²) in [7, 11) is 0. The number of pyridine rings is 2. The van der Waals surface area contributed by atoms with E-state index in [9.17, 15) is 23.9 Å². The molecular formula is C31H27ClFN3O5. The predicted octanol–water partition coefficient (Wildman–Crippen LogP) is 6.41. The zero-order chi connectivity index (χ0) is 29.6. The van der Waals surface area contributed by atoms with Gasteiger partial charge in [-0.05, 0) is 69.7 Å². The van der Waals surface area contributed by atoms with Crippen LogP contribution in [0, 0.1) is 18.2 Å². The second-order valence-corrected chi connectivity index (χ2v) is 11.2. The van der Waals surface area contributed by atoms with Crippen LogP contribution in [0.25, 0.3) is 32.9 Å². The molecule has 0 saturated heterocycles. The fourth-order valence-electron chi connectivity index (χ4n) is 4.73. The summed E-state index contributed by atoms with van der Waals surface area (Å²) in [6.45, 7) is 6.26. The minimum Gasteiger partial charge on any atom is -0.477 e. The molecule has 0 aliphatic carbocycles. The third-order valence-electron chi connectivity index (χ3n) is 6.86. The molecule has 2 aromatic carbocycles. The minimum absolute atomic E-state index is 0.0402. The number of ether oxygens (including phenoxy) is 1. The van der Waals surface area contributed by atoms with Crippen molar-refractivity contribution >= 4 is 45.3 Å². The van der Waals surface area contributed by atoms with Gasteiger partial charge in [-0.25, -0.2) is 14.2 Å². The number of fused-ring (bicyclic) bond motifs is 2. The molecule has 0 saturated carbocycles. The number of aromatic nitrogens is 3. The zero-order valence-electron chi connectivity index (χ0n) is 22.9. The van der Waals surface area contributed by atoms with E-state index in [0.717, 1.165) is 5.39 Å². The van der Waals surface area contributed by atoms with Gasteiger partial charge in [-0.2, -0.15) is 0 Å². The molecule has 210 valence electrons. The molecule has 0 unspecified atom stereocenters. The Labute approximate surface area is 239 Å². The van der Waals surface area contributed by atoms with Crippen molar-refractivity contribution in [2.24, 2.45) is 5.41 Å². The number of carbonyl (C=O) groups is 2. The molecule has 10 heteroatoms. The largest absolute Gasteiger partial charge is 0.477 e.